The van der Waals surface area contributed by atoms with Gasteiger partial charge in [-0.1, -0.05) is 29.3 Å². The third-order valence-electron chi connectivity index (χ3n) is 4.11. The summed E-state index contributed by atoms with van der Waals surface area (Å²) in [5, 5.41) is 3.12. The Hall–Kier alpha value is -2.34. The van der Waals surface area contributed by atoms with E-state index in [4.69, 9.17) is 16.3 Å². The van der Waals surface area contributed by atoms with Crippen LogP contribution >= 0.6 is 11.6 Å². The van der Waals surface area contributed by atoms with E-state index in [0.29, 0.717) is 18.9 Å². The molecule has 1 heterocycles. The van der Waals surface area contributed by atoms with E-state index in [-0.39, 0.29) is 16.6 Å². The number of hydrogen-bond donors (Lipinski definition) is 1. The molecule has 0 aliphatic carbocycles. The van der Waals surface area contributed by atoms with E-state index in [1.54, 1.807) is 7.11 Å². The Kier molecular flexibility index (Phi) is 7.21. The highest BCUT2D eigenvalue weighted by Crippen LogP contribution is 2.20. The van der Waals surface area contributed by atoms with Crippen molar-refractivity contribution in [3.63, 3.8) is 0 Å². The first-order valence-corrected chi connectivity index (χ1v) is 9.07. The summed E-state index contributed by atoms with van der Waals surface area (Å²) in [6.45, 7) is 8.02. The lowest BCUT2D eigenvalue weighted by Gasteiger charge is -2.19. The molecule has 0 saturated carbocycles. The normalized spacial score (nSPS) is 10.5. The summed E-state index contributed by atoms with van der Waals surface area (Å²) in [4.78, 5) is 23.0. The summed E-state index contributed by atoms with van der Waals surface area (Å²) in [5.41, 5.74) is 2.39. The van der Waals surface area contributed by atoms with Crippen LogP contribution in [0.3, 0.4) is 0 Å². The van der Waals surface area contributed by atoms with Crippen molar-refractivity contribution in [1.29, 1.82) is 0 Å². The number of rotatable bonds is 8. The van der Waals surface area contributed by atoms with Gasteiger partial charge in [-0.05, 0) is 38.8 Å². The van der Waals surface area contributed by atoms with Crippen LogP contribution in [0.4, 0.5) is 5.95 Å². The average Bonchev–Trinajstić information content (AvgIpc) is 2.64. The van der Waals surface area contributed by atoms with Crippen LogP contribution in [0.5, 0.6) is 5.75 Å². The topological polar surface area (TPSA) is 67.4 Å². The number of nitrogens with zero attached hydrogens (tertiary/aromatic N) is 3. The molecule has 0 bridgehead atoms. The van der Waals surface area contributed by atoms with Crippen LogP contribution in [-0.2, 0) is 6.42 Å². The van der Waals surface area contributed by atoms with Crippen molar-refractivity contribution in [2.45, 2.75) is 27.2 Å². The average molecular weight is 377 g/mol. The number of halogens is 1. The molecule has 7 heteroatoms. The summed E-state index contributed by atoms with van der Waals surface area (Å²) in [6.07, 6.45) is 2.13. The Morgan fingerprint density at radius 3 is 2.69 bits per heavy atom. The Morgan fingerprint density at radius 2 is 2.04 bits per heavy atom. The second-order valence-corrected chi connectivity index (χ2v) is 6.27. The lowest BCUT2D eigenvalue weighted by atomic mass is 10.1. The zero-order valence-electron chi connectivity index (χ0n) is 15.7. The largest absolute Gasteiger partial charge is 0.496 e. The van der Waals surface area contributed by atoms with Gasteiger partial charge in [0.05, 0.1) is 18.3 Å². The van der Waals surface area contributed by atoms with E-state index in [9.17, 15) is 4.79 Å². The Balaban J connectivity index is 2.06. The lowest BCUT2D eigenvalue weighted by molar-refractivity contribution is 0.0949. The number of nitrogens with one attached hydrogen (secondary N) is 1. The second-order valence-electron chi connectivity index (χ2n) is 5.86. The molecule has 0 radical (unpaired) electrons. The summed E-state index contributed by atoms with van der Waals surface area (Å²) in [7, 11) is 1.64. The monoisotopic (exact) mass is 376 g/mol. The van der Waals surface area contributed by atoms with Gasteiger partial charge in [0.15, 0.2) is 5.69 Å². The van der Waals surface area contributed by atoms with Crippen molar-refractivity contribution in [2.24, 2.45) is 0 Å². The first kappa shape index (κ1) is 20.0. The van der Waals surface area contributed by atoms with Gasteiger partial charge in [-0.3, -0.25) is 4.79 Å². The molecule has 1 N–H and O–H groups in total. The van der Waals surface area contributed by atoms with Gasteiger partial charge in [-0.25, -0.2) is 9.97 Å². The molecule has 0 saturated heterocycles. The fourth-order valence-corrected chi connectivity index (χ4v) is 2.85. The molecular weight excluding hydrogens is 352 g/mol. The van der Waals surface area contributed by atoms with Crippen LogP contribution in [0.15, 0.2) is 24.4 Å². The Labute approximate surface area is 159 Å². The number of carbonyl (C=O) groups excluding carboxylic acids is 1. The van der Waals surface area contributed by atoms with Gasteiger partial charge in [0.25, 0.3) is 5.91 Å². The highest BCUT2D eigenvalue weighted by Gasteiger charge is 2.16. The molecule has 26 heavy (non-hydrogen) atoms. The van der Waals surface area contributed by atoms with Crippen LogP contribution in [-0.4, -0.2) is 42.6 Å². The first-order valence-electron chi connectivity index (χ1n) is 8.69. The summed E-state index contributed by atoms with van der Waals surface area (Å²) in [5.74, 6) is 1.01. The van der Waals surface area contributed by atoms with Gasteiger partial charge in [-0.15, -0.1) is 0 Å². The number of aryl methyl sites for hydroxylation is 1. The molecule has 6 nitrogen and oxygen atoms in total. The summed E-state index contributed by atoms with van der Waals surface area (Å²) in [6, 6.07) is 5.99. The van der Waals surface area contributed by atoms with Crippen molar-refractivity contribution in [2.75, 3.05) is 31.6 Å². The maximum absolute atomic E-state index is 12.5. The van der Waals surface area contributed by atoms with Crippen molar-refractivity contribution < 1.29 is 9.53 Å². The van der Waals surface area contributed by atoms with Crippen molar-refractivity contribution in [3.05, 3.63) is 46.2 Å². The van der Waals surface area contributed by atoms with Gasteiger partial charge in [0.2, 0.25) is 5.95 Å². The van der Waals surface area contributed by atoms with Crippen LogP contribution in [0.25, 0.3) is 0 Å². The number of carbonyl (C=O) groups is 1. The van der Waals surface area contributed by atoms with Gasteiger partial charge in [0.1, 0.15) is 5.75 Å². The molecule has 0 spiro atoms. The van der Waals surface area contributed by atoms with E-state index in [0.717, 1.165) is 30.0 Å². The van der Waals surface area contributed by atoms with Crippen molar-refractivity contribution in [1.82, 2.24) is 15.3 Å². The second kappa shape index (κ2) is 9.38. The van der Waals surface area contributed by atoms with E-state index in [1.807, 2.05) is 37.8 Å². The van der Waals surface area contributed by atoms with Gasteiger partial charge in [-0.2, -0.15) is 0 Å². The molecule has 2 rings (SSSR count). The quantitative estimate of drug-likeness (QED) is 0.765. The number of aromatic nitrogens is 2. The molecule has 1 amide bonds. The molecule has 140 valence electrons. The van der Waals surface area contributed by atoms with Crippen LogP contribution in [0.2, 0.25) is 5.02 Å². The number of benzene rings is 1. The number of methoxy groups -OCH3 is 1. The molecule has 0 unspecified atom stereocenters. The minimum atomic E-state index is -0.308. The standard InChI is InChI=1S/C19H25ClN4O2/c1-5-24(6-2)19-22-12-15(20)17(23-19)18(25)21-10-9-14-11-13(3)7-8-16(14)26-4/h7-8,11-12H,5-6,9-10H2,1-4H3,(H,21,25). The van der Waals surface area contributed by atoms with Crippen LogP contribution in [0, 0.1) is 6.92 Å². The Morgan fingerprint density at radius 1 is 1.31 bits per heavy atom. The minimum absolute atomic E-state index is 0.194. The third kappa shape index (κ3) is 4.85. The zero-order valence-corrected chi connectivity index (χ0v) is 16.4. The SMILES string of the molecule is CCN(CC)c1ncc(Cl)c(C(=O)NCCc2cc(C)ccc2OC)n1. The highest BCUT2D eigenvalue weighted by molar-refractivity contribution is 6.33. The van der Waals surface area contributed by atoms with E-state index in [2.05, 4.69) is 21.4 Å². The number of amides is 1. The summed E-state index contributed by atoms with van der Waals surface area (Å²) < 4.78 is 5.37. The molecule has 0 aliphatic heterocycles. The maximum atomic E-state index is 12.5. The minimum Gasteiger partial charge on any atom is -0.496 e. The number of anilines is 1. The van der Waals surface area contributed by atoms with Gasteiger partial charge >= 0.3 is 0 Å². The Bertz CT molecular complexity index is 763. The zero-order chi connectivity index (χ0) is 19.1. The number of hydrogen-bond acceptors (Lipinski definition) is 5. The first-order chi connectivity index (χ1) is 12.5. The third-order valence-corrected chi connectivity index (χ3v) is 4.39. The van der Waals surface area contributed by atoms with Crippen molar-refractivity contribution in [3.8, 4) is 5.75 Å². The highest BCUT2D eigenvalue weighted by atomic mass is 35.5. The smallest absolute Gasteiger partial charge is 0.271 e. The van der Waals surface area contributed by atoms with Crippen molar-refractivity contribution >= 4 is 23.5 Å². The van der Waals surface area contributed by atoms with E-state index >= 15 is 0 Å². The molecular formula is C19H25ClN4O2. The molecule has 1 aromatic carbocycles. The molecule has 0 fully saturated rings. The molecule has 0 aliphatic rings. The predicted octanol–water partition coefficient (Wildman–Crippen LogP) is 3.27. The lowest BCUT2D eigenvalue weighted by Crippen LogP contribution is -2.29. The fourth-order valence-electron chi connectivity index (χ4n) is 2.67. The van der Waals surface area contributed by atoms with Crippen LogP contribution in [0.1, 0.15) is 35.5 Å². The molecule has 2 aromatic rings. The fraction of sp³-hybridized carbons (Fsp3) is 0.421. The van der Waals surface area contributed by atoms with E-state index in [1.165, 1.54) is 6.20 Å². The maximum Gasteiger partial charge on any atom is 0.271 e. The van der Waals surface area contributed by atoms with Crippen LogP contribution < -0.4 is 15.0 Å². The summed E-state index contributed by atoms with van der Waals surface area (Å²) >= 11 is 6.12. The molecule has 1 aromatic heterocycles. The van der Waals surface area contributed by atoms with Gasteiger partial charge < -0.3 is 15.0 Å². The number of ether oxygens (including phenoxy) is 1. The van der Waals surface area contributed by atoms with E-state index < -0.39 is 0 Å². The van der Waals surface area contributed by atoms with Gasteiger partial charge in [0, 0.05) is 19.6 Å². The predicted molar refractivity (Wildman–Crippen MR) is 104 cm³/mol. The molecule has 0 atom stereocenters.